The van der Waals surface area contributed by atoms with E-state index < -0.39 is 12.0 Å². The second kappa shape index (κ2) is 8.73. The number of para-hydroxylation sites is 2. The van der Waals surface area contributed by atoms with E-state index in [1.165, 1.54) is 6.92 Å². The van der Waals surface area contributed by atoms with Gasteiger partial charge in [-0.05, 0) is 31.9 Å². The average Bonchev–Trinajstić information content (AvgIpc) is 3.23. The molecule has 1 aromatic carbocycles. The number of carboxylic acids is 1. The number of nitrogens with one attached hydrogen (secondary N) is 2. The number of carboxylic acid groups (broad SMARTS) is 1. The van der Waals surface area contributed by atoms with E-state index in [1.54, 1.807) is 4.90 Å². The highest BCUT2D eigenvalue weighted by molar-refractivity contribution is 5.93. The van der Waals surface area contributed by atoms with Gasteiger partial charge in [0.05, 0.1) is 11.0 Å². The number of unbranched alkanes of at least 4 members (excludes halogenated alkanes) is 2. The zero-order chi connectivity index (χ0) is 20.1. The Morgan fingerprint density at radius 3 is 2.75 bits per heavy atom. The maximum Gasteiger partial charge on any atom is 0.325 e. The van der Waals surface area contributed by atoms with Crippen LogP contribution in [0.4, 0.5) is 10.7 Å². The molecule has 0 aliphatic carbocycles. The maximum atomic E-state index is 12.5. The van der Waals surface area contributed by atoms with Crippen molar-refractivity contribution in [3.05, 3.63) is 24.3 Å². The fourth-order valence-electron chi connectivity index (χ4n) is 3.24. The topological polar surface area (TPSA) is 117 Å². The normalized spacial score (nSPS) is 14.0. The van der Waals surface area contributed by atoms with Crippen molar-refractivity contribution in [2.24, 2.45) is 0 Å². The van der Waals surface area contributed by atoms with Crippen LogP contribution in [0.3, 0.4) is 0 Å². The van der Waals surface area contributed by atoms with Crippen LogP contribution in [0, 0.1) is 0 Å². The molecule has 28 heavy (non-hydrogen) atoms. The number of hydrogen-bond donors (Lipinski definition) is 3. The first-order chi connectivity index (χ1) is 13.5. The molecule has 3 N–H and O–H groups in total. The number of amides is 3. The zero-order valence-corrected chi connectivity index (χ0v) is 15.9. The molecule has 1 unspecified atom stereocenters. The molecule has 1 aliphatic heterocycles. The van der Waals surface area contributed by atoms with Crippen molar-refractivity contribution in [1.29, 1.82) is 0 Å². The van der Waals surface area contributed by atoms with E-state index in [4.69, 9.17) is 5.11 Å². The van der Waals surface area contributed by atoms with Gasteiger partial charge < -0.3 is 20.3 Å². The maximum absolute atomic E-state index is 12.5. The summed E-state index contributed by atoms with van der Waals surface area (Å²) in [6.07, 6.45) is 2.45. The largest absolute Gasteiger partial charge is 0.480 e. The van der Waals surface area contributed by atoms with Crippen LogP contribution in [0.5, 0.6) is 0 Å². The Kier molecular flexibility index (Phi) is 6.13. The van der Waals surface area contributed by atoms with E-state index in [1.807, 2.05) is 28.8 Å². The highest BCUT2D eigenvalue weighted by atomic mass is 16.4. The van der Waals surface area contributed by atoms with Crippen LogP contribution in [0.2, 0.25) is 0 Å². The lowest BCUT2D eigenvalue weighted by atomic mass is 10.2. The quantitative estimate of drug-likeness (QED) is 0.596. The molecule has 0 saturated heterocycles. The summed E-state index contributed by atoms with van der Waals surface area (Å²) in [5.74, 6) is -0.649. The molecule has 0 spiro atoms. The molecule has 1 aliphatic rings. The smallest absolute Gasteiger partial charge is 0.325 e. The minimum atomic E-state index is -1.05. The number of benzene rings is 1. The Bertz CT molecular complexity index is 878. The van der Waals surface area contributed by atoms with Crippen LogP contribution in [-0.2, 0) is 16.1 Å². The number of rotatable bonds is 8. The first-order valence-corrected chi connectivity index (χ1v) is 9.50. The Balaban J connectivity index is 1.37. The molecular weight excluding hydrogens is 362 g/mol. The first-order valence-electron chi connectivity index (χ1n) is 9.50. The standard InChI is InChI=1S/C19H25N5O4/c1-13(17(26)27)21-16(25)9-3-2-6-10-20-19(28)24-12-11-23-15-8-5-4-7-14(15)22-18(23)24/h4-5,7-8,13H,2-3,6,9-12H2,1H3,(H,20,28)(H,21,25)(H,26,27). The van der Waals surface area contributed by atoms with Crippen molar-refractivity contribution in [3.63, 3.8) is 0 Å². The molecule has 2 aromatic rings. The number of carbonyl (C=O) groups excluding carboxylic acids is 2. The fraction of sp³-hybridized carbons (Fsp3) is 0.474. The highest BCUT2D eigenvalue weighted by Crippen LogP contribution is 2.26. The van der Waals surface area contributed by atoms with E-state index in [-0.39, 0.29) is 18.4 Å². The van der Waals surface area contributed by atoms with Gasteiger partial charge in [0.15, 0.2) is 0 Å². The molecule has 150 valence electrons. The Morgan fingerprint density at radius 1 is 1.18 bits per heavy atom. The van der Waals surface area contributed by atoms with Crippen LogP contribution in [0.15, 0.2) is 24.3 Å². The number of nitrogens with zero attached hydrogens (tertiary/aromatic N) is 3. The van der Waals surface area contributed by atoms with Crippen molar-refractivity contribution < 1.29 is 19.5 Å². The minimum Gasteiger partial charge on any atom is -0.480 e. The lowest BCUT2D eigenvalue weighted by Crippen LogP contribution is -2.39. The van der Waals surface area contributed by atoms with E-state index in [0.717, 1.165) is 30.4 Å². The average molecular weight is 387 g/mol. The third kappa shape index (κ3) is 4.41. The second-order valence-electron chi connectivity index (χ2n) is 6.87. The molecule has 3 rings (SSSR count). The van der Waals surface area contributed by atoms with Crippen LogP contribution in [-0.4, -0.2) is 51.7 Å². The molecule has 0 radical (unpaired) electrons. The van der Waals surface area contributed by atoms with Gasteiger partial charge in [-0.25, -0.2) is 9.78 Å². The van der Waals surface area contributed by atoms with Crippen molar-refractivity contribution in [2.75, 3.05) is 18.0 Å². The Hall–Kier alpha value is -3.10. The lowest BCUT2D eigenvalue weighted by molar-refractivity contribution is -0.141. The summed E-state index contributed by atoms with van der Waals surface area (Å²) in [7, 11) is 0. The van der Waals surface area contributed by atoms with Gasteiger partial charge in [-0.2, -0.15) is 0 Å². The highest BCUT2D eigenvalue weighted by Gasteiger charge is 2.27. The molecule has 3 amide bonds. The number of urea groups is 1. The zero-order valence-electron chi connectivity index (χ0n) is 15.9. The molecule has 0 saturated carbocycles. The predicted octanol–water partition coefficient (Wildman–Crippen LogP) is 1.72. The number of aromatic nitrogens is 2. The summed E-state index contributed by atoms with van der Waals surface area (Å²) in [5, 5.41) is 14.1. The predicted molar refractivity (Wildman–Crippen MR) is 104 cm³/mol. The number of fused-ring (bicyclic) bond motifs is 3. The molecule has 9 heteroatoms. The van der Waals surface area contributed by atoms with Crippen molar-refractivity contribution in [3.8, 4) is 0 Å². The van der Waals surface area contributed by atoms with Gasteiger partial charge >= 0.3 is 12.0 Å². The monoisotopic (exact) mass is 387 g/mol. The summed E-state index contributed by atoms with van der Waals surface area (Å²) in [6.45, 7) is 3.28. The van der Waals surface area contributed by atoms with Gasteiger partial charge in [0, 0.05) is 26.1 Å². The summed E-state index contributed by atoms with van der Waals surface area (Å²) in [4.78, 5) is 40.9. The number of anilines is 1. The first kappa shape index (κ1) is 19.7. The molecular formula is C19H25N5O4. The van der Waals surface area contributed by atoms with E-state index in [2.05, 4.69) is 15.6 Å². The van der Waals surface area contributed by atoms with Crippen LogP contribution >= 0.6 is 0 Å². The van der Waals surface area contributed by atoms with Gasteiger partial charge in [-0.15, -0.1) is 0 Å². The van der Waals surface area contributed by atoms with Gasteiger partial charge in [0.2, 0.25) is 11.9 Å². The molecule has 0 bridgehead atoms. The number of aliphatic carboxylic acids is 1. The number of hydrogen-bond acceptors (Lipinski definition) is 4. The summed E-state index contributed by atoms with van der Waals surface area (Å²) >= 11 is 0. The van der Waals surface area contributed by atoms with Gasteiger partial charge in [0.25, 0.3) is 0 Å². The third-order valence-corrected chi connectivity index (χ3v) is 4.77. The molecule has 9 nitrogen and oxygen atoms in total. The molecule has 2 heterocycles. The minimum absolute atomic E-state index is 0.165. The van der Waals surface area contributed by atoms with Gasteiger partial charge in [-0.1, -0.05) is 18.6 Å². The lowest BCUT2D eigenvalue weighted by Gasteiger charge is -2.15. The summed E-state index contributed by atoms with van der Waals surface area (Å²) < 4.78 is 2.05. The fourth-order valence-corrected chi connectivity index (χ4v) is 3.24. The van der Waals surface area contributed by atoms with Crippen LogP contribution in [0.25, 0.3) is 11.0 Å². The van der Waals surface area contributed by atoms with Gasteiger partial charge in [0.1, 0.15) is 6.04 Å². The van der Waals surface area contributed by atoms with Crippen LogP contribution < -0.4 is 15.5 Å². The Morgan fingerprint density at radius 2 is 1.96 bits per heavy atom. The summed E-state index contributed by atoms with van der Waals surface area (Å²) in [5.41, 5.74) is 1.91. The van der Waals surface area contributed by atoms with Crippen molar-refractivity contribution in [2.45, 2.75) is 45.2 Å². The van der Waals surface area contributed by atoms with Crippen molar-refractivity contribution >= 4 is 34.9 Å². The number of imidazole rings is 1. The molecule has 1 aromatic heterocycles. The SMILES string of the molecule is CC(NC(=O)CCCCCNC(=O)N1CCn2c1nc1ccccc12)C(=O)O. The molecule has 0 fully saturated rings. The second-order valence-corrected chi connectivity index (χ2v) is 6.87. The van der Waals surface area contributed by atoms with E-state index in [9.17, 15) is 14.4 Å². The van der Waals surface area contributed by atoms with Crippen LogP contribution in [0.1, 0.15) is 32.6 Å². The third-order valence-electron chi connectivity index (χ3n) is 4.77. The molecule has 1 atom stereocenters. The van der Waals surface area contributed by atoms with Crippen molar-refractivity contribution in [1.82, 2.24) is 20.2 Å². The number of carbonyl (C=O) groups is 3. The summed E-state index contributed by atoms with van der Waals surface area (Å²) in [6, 6.07) is 6.78. The Labute approximate surface area is 162 Å². The van der Waals surface area contributed by atoms with Gasteiger partial charge in [-0.3, -0.25) is 14.5 Å². The van der Waals surface area contributed by atoms with E-state index >= 15 is 0 Å². The van der Waals surface area contributed by atoms with E-state index in [0.29, 0.717) is 25.5 Å².